The molecule has 0 bridgehead atoms. The van der Waals surface area contributed by atoms with Crippen molar-refractivity contribution in [1.29, 1.82) is 0 Å². The van der Waals surface area contributed by atoms with Crippen molar-refractivity contribution in [3.8, 4) is 0 Å². The van der Waals surface area contributed by atoms with E-state index in [1.807, 2.05) is 47.4 Å². The quantitative estimate of drug-likeness (QED) is 0.767. The molecule has 3 rings (SSSR count). The lowest BCUT2D eigenvalue weighted by atomic mass is 10.0. The van der Waals surface area contributed by atoms with Gasteiger partial charge in [0.15, 0.2) is 0 Å². The molecule has 1 heterocycles. The van der Waals surface area contributed by atoms with E-state index >= 15 is 0 Å². The second-order valence-electron chi connectivity index (χ2n) is 5.09. The summed E-state index contributed by atoms with van der Waals surface area (Å²) in [4.78, 5) is 14.5. The van der Waals surface area contributed by atoms with Crippen LogP contribution in [-0.2, 0) is 0 Å². The van der Waals surface area contributed by atoms with Crippen molar-refractivity contribution in [1.82, 2.24) is 4.90 Å². The third-order valence-electron chi connectivity index (χ3n) is 3.81. The van der Waals surface area contributed by atoms with Crippen molar-refractivity contribution in [3.63, 3.8) is 0 Å². The van der Waals surface area contributed by atoms with Gasteiger partial charge in [-0.25, -0.2) is 0 Å². The first-order chi connectivity index (χ1) is 9.29. The molecule has 1 fully saturated rings. The minimum Gasteiger partial charge on any atom is -0.338 e. The van der Waals surface area contributed by atoms with Crippen LogP contribution in [0, 0.1) is 5.92 Å². The lowest BCUT2D eigenvalue weighted by Gasteiger charge is -2.17. The first-order valence-corrected chi connectivity index (χ1v) is 7.16. The minimum atomic E-state index is 0.129. The van der Waals surface area contributed by atoms with Gasteiger partial charge in [0, 0.05) is 24.5 Å². The van der Waals surface area contributed by atoms with E-state index in [2.05, 4.69) is 0 Å². The molecular weight excluding hydrogens is 258 g/mol. The van der Waals surface area contributed by atoms with E-state index < -0.39 is 0 Å². The van der Waals surface area contributed by atoms with Crippen LogP contribution in [0.1, 0.15) is 16.8 Å². The molecule has 1 unspecified atom stereocenters. The molecular formula is C16H16ClNO. The summed E-state index contributed by atoms with van der Waals surface area (Å²) in [6, 6.07) is 13.9. The van der Waals surface area contributed by atoms with Crippen LogP contribution in [0.4, 0.5) is 0 Å². The highest BCUT2D eigenvalue weighted by Gasteiger charge is 2.26. The number of alkyl halides is 1. The molecule has 0 aromatic heterocycles. The average molecular weight is 274 g/mol. The first-order valence-electron chi connectivity index (χ1n) is 6.62. The van der Waals surface area contributed by atoms with Gasteiger partial charge in [-0.15, -0.1) is 11.6 Å². The maximum absolute atomic E-state index is 12.6. The Kier molecular flexibility index (Phi) is 3.43. The molecule has 1 amide bonds. The highest BCUT2D eigenvalue weighted by atomic mass is 35.5. The van der Waals surface area contributed by atoms with Gasteiger partial charge in [-0.3, -0.25) is 4.79 Å². The number of halogens is 1. The monoisotopic (exact) mass is 273 g/mol. The number of nitrogens with zero attached hydrogens (tertiary/aromatic N) is 1. The van der Waals surface area contributed by atoms with E-state index in [0.29, 0.717) is 11.8 Å². The zero-order chi connectivity index (χ0) is 13.2. The van der Waals surface area contributed by atoms with Gasteiger partial charge in [0.05, 0.1) is 0 Å². The molecule has 0 spiro atoms. The van der Waals surface area contributed by atoms with Crippen LogP contribution in [0.2, 0.25) is 0 Å². The predicted molar refractivity (Wildman–Crippen MR) is 78.7 cm³/mol. The van der Waals surface area contributed by atoms with Crippen molar-refractivity contribution in [3.05, 3.63) is 48.0 Å². The van der Waals surface area contributed by atoms with Crippen molar-refractivity contribution in [2.45, 2.75) is 6.42 Å². The fourth-order valence-electron chi connectivity index (χ4n) is 2.73. The first kappa shape index (κ1) is 12.5. The number of fused-ring (bicyclic) bond motifs is 1. The maximum atomic E-state index is 12.6. The molecule has 2 aromatic rings. The second-order valence-corrected chi connectivity index (χ2v) is 5.40. The molecule has 19 heavy (non-hydrogen) atoms. The van der Waals surface area contributed by atoms with Gasteiger partial charge in [-0.1, -0.05) is 36.4 Å². The smallest absolute Gasteiger partial charge is 0.254 e. The molecule has 0 aliphatic carbocycles. The topological polar surface area (TPSA) is 20.3 Å². The Morgan fingerprint density at radius 2 is 2.00 bits per heavy atom. The Labute approximate surface area is 118 Å². The Hall–Kier alpha value is -1.54. The molecule has 0 radical (unpaired) electrons. The summed E-state index contributed by atoms with van der Waals surface area (Å²) in [5.74, 6) is 1.21. The van der Waals surface area contributed by atoms with Crippen LogP contribution in [-0.4, -0.2) is 29.8 Å². The number of carbonyl (C=O) groups is 1. The van der Waals surface area contributed by atoms with Crippen LogP contribution in [0.5, 0.6) is 0 Å². The SMILES string of the molecule is O=C(c1cccc2ccccc12)N1CCC(CCl)C1. The summed E-state index contributed by atoms with van der Waals surface area (Å²) in [5, 5.41) is 2.14. The van der Waals surface area contributed by atoms with E-state index in [4.69, 9.17) is 11.6 Å². The number of hydrogen-bond donors (Lipinski definition) is 0. The van der Waals surface area contributed by atoms with Gasteiger partial charge in [-0.2, -0.15) is 0 Å². The molecule has 1 aliphatic rings. The Balaban J connectivity index is 1.94. The van der Waals surface area contributed by atoms with Crippen LogP contribution in [0.25, 0.3) is 10.8 Å². The molecule has 98 valence electrons. The summed E-state index contributed by atoms with van der Waals surface area (Å²) in [7, 11) is 0. The van der Waals surface area contributed by atoms with E-state index in [9.17, 15) is 4.79 Å². The van der Waals surface area contributed by atoms with Gasteiger partial charge >= 0.3 is 0 Å². The van der Waals surface area contributed by atoms with Crippen LogP contribution >= 0.6 is 11.6 Å². The molecule has 1 aliphatic heterocycles. The summed E-state index contributed by atoms with van der Waals surface area (Å²) >= 11 is 5.88. The third kappa shape index (κ3) is 2.33. The van der Waals surface area contributed by atoms with Crippen molar-refractivity contribution >= 4 is 28.3 Å². The number of carbonyl (C=O) groups excluding carboxylic acids is 1. The Bertz CT molecular complexity index is 605. The maximum Gasteiger partial charge on any atom is 0.254 e. The van der Waals surface area contributed by atoms with Crippen LogP contribution in [0.15, 0.2) is 42.5 Å². The summed E-state index contributed by atoms with van der Waals surface area (Å²) in [6.07, 6.45) is 1.01. The standard InChI is InChI=1S/C16H16ClNO/c17-10-12-8-9-18(11-12)16(19)15-7-3-5-13-4-1-2-6-14(13)15/h1-7,12H,8-11H2. The van der Waals surface area contributed by atoms with Crippen molar-refractivity contribution in [2.75, 3.05) is 19.0 Å². The number of benzene rings is 2. The van der Waals surface area contributed by atoms with Gasteiger partial charge in [0.1, 0.15) is 0 Å². The molecule has 3 heteroatoms. The van der Waals surface area contributed by atoms with E-state index in [-0.39, 0.29) is 5.91 Å². The van der Waals surface area contributed by atoms with E-state index in [0.717, 1.165) is 35.8 Å². The van der Waals surface area contributed by atoms with Crippen molar-refractivity contribution < 1.29 is 4.79 Å². The average Bonchev–Trinajstić information content (AvgIpc) is 2.95. The lowest BCUT2D eigenvalue weighted by molar-refractivity contribution is 0.0790. The van der Waals surface area contributed by atoms with Crippen molar-refractivity contribution in [2.24, 2.45) is 5.92 Å². The summed E-state index contributed by atoms with van der Waals surface area (Å²) in [6.45, 7) is 1.60. The zero-order valence-electron chi connectivity index (χ0n) is 10.7. The van der Waals surface area contributed by atoms with E-state index in [1.54, 1.807) is 0 Å². The summed E-state index contributed by atoms with van der Waals surface area (Å²) < 4.78 is 0. The second kappa shape index (κ2) is 5.22. The Morgan fingerprint density at radius 1 is 1.21 bits per heavy atom. The Morgan fingerprint density at radius 3 is 2.79 bits per heavy atom. The fraction of sp³-hybridized carbons (Fsp3) is 0.312. The molecule has 2 nitrogen and oxygen atoms in total. The largest absolute Gasteiger partial charge is 0.338 e. The van der Waals surface area contributed by atoms with Gasteiger partial charge in [0.2, 0.25) is 0 Å². The number of hydrogen-bond acceptors (Lipinski definition) is 1. The summed E-state index contributed by atoms with van der Waals surface area (Å²) in [5.41, 5.74) is 0.799. The van der Waals surface area contributed by atoms with E-state index in [1.165, 1.54) is 0 Å². The van der Waals surface area contributed by atoms with Crippen LogP contribution < -0.4 is 0 Å². The van der Waals surface area contributed by atoms with Crippen LogP contribution in [0.3, 0.4) is 0 Å². The molecule has 0 saturated carbocycles. The normalized spacial score (nSPS) is 19.0. The highest BCUT2D eigenvalue weighted by Crippen LogP contribution is 2.24. The number of rotatable bonds is 2. The molecule has 0 N–H and O–H groups in total. The van der Waals surface area contributed by atoms with Gasteiger partial charge < -0.3 is 4.90 Å². The zero-order valence-corrected chi connectivity index (χ0v) is 11.4. The van der Waals surface area contributed by atoms with Gasteiger partial charge in [0.25, 0.3) is 5.91 Å². The molecule has 1 saturated heterocycles. The molecule has 1 atom stereocenters. The number of likely N-dealkylation sites (tertiary alicyclic amines) is 1. The van der Waals surface area contributed by atoms with Gasteiger partial charge in [-0.05, 0) is 29.2 Å². The molecule has 2 aromatic carbocycles. The highest BCUT2D eigenvalue weighted by molar-refractivity contribution is 6.18. The number of amides is 1. The lowest BCUT2D eigenvalue weighted by Crippen LogP contribution is -2.29. The predicted octanol–water partition coefficient (Wildman–Crippen LogP) is 3.54. The fourth-order valence-corrected chi connectivity index (χ4v) is 2.98. The third-order valence-corrected chi connectivity index (χ3v) is 4.25. The minimum absolute atomic E-state index is 0.129.